The van der Waals surface area contributed by atoms with Crippen LogP contribution >= 0.6 is 0 Å². The normalized spacial score (nSPS) is 16.3. The Labute approximate surface area is 141 Å². The zero-order valence-electron chi connectivity index (χ0n) is 13.0. The fourth-order valence-electron chi connectivity index (χ4n) is 1.56. The summed E-state index contributed by atoms with van der Waals surface area (Å²) in [6.45, 7) is -1.62. The van der Waals surface area contributed by atoms with Gasteiger partial charge in [0.05, 0.1) is 31.8 Å². The molecule has 9 heteroatoms. The Morgan fingerprint density at radius 3 is 1.42 bits per heavy atom. The van der Waals surface area contributed by atoms with Gasteiger partial charge >= 0.3 is 10.4 Å². The molecule has 0 aromatic rings. The highest BCUT2D eigenvalue weighted by Gasteiger charge is 2.26. The predicted molar refractivity (Wildman–Crippen MR) is 85.5 cm³/mol. The second-order valence-electron chi connectivity index (χ2n) is 5.24. The second-order valence-corrected chi connectivity index (χ2v) is 6.39. The molecule has 0 aromatic carbocycles. The van der Waals surface area contributed by atoms with Gasteiger partial charge < -0.3 is 28.8 Å². The third kappa shape index (κ3) is 6.46. The molecule has 2 aliphatic carbocycles. The predicted octanol–water partition coefficient (Wildman–Crippen LogP) is -0.106. The average Bonchev–Trinajstić information content (AvgIpc) is 3.24. The van der Waals surface area contributed by atoms with Gasteiger partial charge in [-0.1, -0.05) is 24.3 Å². The molecule has 2 rings (SSSR count). The fraction of sp³-hybridized carbons (Fsp3) is 0.467. The summed E-state index contributed by atoms with van der Waals surface area (Å²) in [5, 5.41) is 34.0. The molecule has 8 nitrogen and oxygen atoms in total. The van der Waals surface area contributed by atoms with Crippen LogP contribution < -0.4 is 0 Å². The quantitative estimate of drug-likeness (QED) is 0.470. The third-order valence-corrected chi connectivity index (χ3v) is 4.07. The Morgan fingerprint density at radius 2 is 1.21 bits per heavy atom. The van der Waals surface area contributed by atoms with Crippen LogP contribution in [0.4, 0.5) is 0 Å². The SMILES string of the molecule is O=S(=O)(OC1=CC=CC1)OC1=CC=CC1.OCC(CO)(CO)CO. The minimum Gasteiger partial charge on any atom is -0.396 e. The topological polar surface area (TPSA) is 134 Å². The summed E-state index contributed by atoms with van der Waals surface area (Å²) in [6.07, 6.45) is 11.3. The maximum atomic E-state index is 11.4. The van der Waals surface area contributed by atoms with Crippen molar-refractivity contribution in [2.75, 3.05) is 26.4 Å². The summed E-state index contributed by atoms with van der Waals surface area (Å²) in [5.41, 5.74) is -1.11. The molecule has 24 heavy (non-hydrogen) atoms. The minimum atomic E-state index is -3.96. The van der Waals surface area contributed by atoms with E-state index in [1.807, 2.05) is 0 Å². The number of aliphatic hydroxyl groups excluding tert-OH is 4. The molecule has 0 aromatic heterocycles. The third-order valence-electron chi connectivity index (χ3n) is 3.23. The van der Waals surface area contributed by atoms with E-state index in [0.29, 0.717) is 24.4 Å². The first-order chi connectivity index (χ1) is 11.4. The molecule has 0 saturated carbocycles. The van der Waals surface area contributed by atoms with Gasteiger partial charge in [-0.15, -0.1) is 8.42 Å². The van der Waals surface area contributed by atoms with Crippen molar-refractivity contribution in [1.29, 1.82) is 0 Å². The number of allylic oxidation sites excluding steroid dienone is 6. The van der Waals surface area contributed by atoms with E-state index in [1.54, 1.807) is 36.5 Å². The van der Waals surface area contributed by atoms with Crippen LogP contribution in [0, 0.1) is 5.41 Å². The van der Waals surface area contributed by atoms with Gasteiger partial charge in [0.25, 0.3) is 0 Å². The number of hydrogen-bond donors (Lipinski definition) is 4. The van der Waals surface area contributed by atoms with Crippen molar-refractivity contribution in [3.8, 4) is 0 Å². The van der Waals surface area contributed by atoms with Crippen LogP contribution in [0.1, 0.15) is 12.8 Å². The molecule has 0 aliphatic heterocycles. The summed E-state index contributed by atoms with van der Waals surface area (Å²) in [4.78, 5) is 0. The maximum absolute atomic E-state index is 11.4. The molecule has 136 valence electrons. The number of hydrogen-bond acceptors (Lipinski definition) is 8. The van der Waals surface area contributed by atoms with E-state index < -0.39 is 42.2 Å². The summed E-state index contributed by atoms with van der Waals surface area (Å²) >= 11 is 0. The molecule has 2 aliphatic rings. The van der Waals surface area contributed by atoms with Gasteiger partial charge in [0.15, 0.2) is 0 Å². The van der Waals surface area contributed by atoms with Gasteiger partial charge in [0.2, 0.25) is 0 Å². The van der Waals surface area contributed by atoms with Crippen molar-refractivity contribution in [3.05, 3.63) is 48.0 Å². The molecule has 0 unspecified atom stereocenters. The molecular formula is C15H22O8S. The number of aliphatic hydroxyl groups is 4. The van der Waals surface area contributed by atoms with E-state index >= 15 is 0 Å². The summed E-state index contributed by atoms with van der Waals surface area (Å²) in [7, 11) is -3.96. The monoisotopic (exact) mass is 362 g/mol. The van der Waals surface area contributed by atoms with Crippen molar-refractivity contribution >= 4 is 10.4 Å². The van der Waals surface area contributed by atoms with Crippen molar-refractivity contribution in [2.45, 2.75) is 12.8 Å². The molecule has 0 heterocycles. The van der Waals surface area contributed by atoms with Crippen LogP contribution in [0.25, 0.3) is 0 Å². The van der Waals surface area contributed by atoms with E-state index in [4.69, 9.17) is 28.8 Å². The first-order valence-corrected chi connectivity index (χ1v) is 8.52. The van der Waals surface area contributed by atoms with Gasteiger partial charge in [-0.05, 0) is 12.2 Å². The van der Waals surface area contributed by atoms with E-state index in [2.05, 4.69) is 0 Å². The van der Waals surface area contributed by atoms with Gasteiger partial charge in [0, 0.05) is 12.8 Å². The second kappa shape index (κ2) is 9.60. The Bertz CT molecular complexity index is 556. The summed E-state index contributed by atoms with van der Waals surface area (Å²) in [5.74, 6) is 0.753. The van der Waals surface area contributed by atoms with Crippen LogP contribution in [0.15, 0.2) is 48.0 Å². The molecule has 0 bridgehead atoms. The average molecular weight is 362 g/mol. The first kappa shape index (κ1) is 20.4. The first-order valence-electron chi connectivity index (χ1n) is 7.19. The highest BCUT2D eigenvalue weighted by Crippen LogP contribution is 2.20. The molecule has 0 saturated heterocycles. The molecule has 0 radical (unpaired) electrons. The minimum absolute atomic E-state index is 0.376. The van der Waals surface area contributed by atoms with Crippen molar-refractivity contribution in [1.82, 2.24) is 0 Å². The summed E-state index contributed by atoms with van der Waals surface area (Å²) < 4.78 is 32.2. The molecule has 0 atom stereocenters. The number of rotatable bonds is 8. The van der Waals surface area contributed by atoms with Crippen molar-refractivity contribution < 1.29 is 37.2 Å². The van der Waals surface area contributed by atoms with E-state index in [1.165, 1.54) is 0 Å². The van der Waals surface area contributed by atoms with Crippen LogP contribution in [0.3, 0.4) is 0 Å². The van der Waals surface area contributed by atoms with E-state index in [9.17, 15) is 8.42 Å². The van der Waals surface area contributed by atoms with Crippen molar-refractivity contribution in [3.63, 3.8) is 0 Å². The van der Waals surface area contributed by atoms with E-state index in [-0.39, 0.29) is 0 Å². The fourth-order valence-corrected chi connectivity index (χ4v) is 2.36. The Morgan fingerprint density at radius 1 is 0.833 bits per heavy atom. The zero-order chi connectivity index (χ0) is 18.1. The van der Waals surface area contributed by atoms with Gasteiger partial charge in [0.1, 0.15) is 11.5 Å². The van der Waals surface area contributed by atoms with Gasteiger partial charge in [-0.2, -0.15) is 0 Å². The van der Waals surface area contributed by atoms with Crippen LogP contribution in [-0.4, -0.2) is 55.3 Å². The Kier molecular flexibility index (Phi) is 8.16. The lowest BCUT2D eigenvalue weighted by Gasteiger charge is -2.23. The van der Waals surface area contributed by atoms with Gasteiger partial charge in [-0.25, -0.2) is 0 Å². The standard InChI is InChI=1S/C10H10O4S.C5H12O4/c11-15(12,13-9-5-1-2-6-9)14-10-7-3-4-8-10;6-1-5(2-7,3-8)4-9/h1-5,7H,6,8H2;6-9H,1-4H2. The molecule has 0 spiro atoms. The molecule has 0 amide bonds. The maximum Gasteiger partial charge on any atom is 0.500 e. The zero-order valence-corrected chi connectivity index (χ0v) is 13.9. The lowest BCUT2D eigenvalue weighted by Crippen LogP contribution is -2.37. The smallest absolute Gasteiger partial charge is 0.396 e. The lowest BCUT2D eigenvalue weighted by molar-refractivity contribution is -0.0328. The van der Waals surface area contributed by atoms with Gasteiger partial charge in [-0.3, -0.25) is 0 Å². The lowest BCUT2D eigenvalue weighted by atomic mass is 9.93. The molecule has 4 N–H and O–H groups in total. The Balaban J connectivity index is 0.000000277. The Hall–Kier alpha value is -1.65. The molecular weight excluding hydrogens is 340 g/mol. The van der Waals surface area contributed by atoms with E-state index in [0.717, 1.165) is 0 Å². The van der Waals surface area contributed by atoms with Crippen LogP contribution in [-0.2, 0) is 18.8 Å². The van der Waals surface area contributed by atoms with Crippen LogP contribution in [0.5, 0.6) is 0 Å². The summed E-state index contributed by atoms with van der Waals surface area (Å²) in [6, 6.07) is 0. The highest BCUT2D eigenvalue weighted by atomic mass is 32.3. The van der Waals surface area contributed by atoms with Crippen LogP contribution in [0.2, 0.25) is 0 Å². The largest absolute Gasteiger partial charge is 0.500 e. The highest BCUT2D eigenvalue weighted by molar-refractivity contribution is 7.82. The van der Waals surface area contributed by atoms with Crippen molar-refractivity contribution in [2.24, 2.45) is 5.41 Å². The molecule has 0 fully saturated rings.